The molecule has 28 heavy (non-hydrogen) atoms. The van der Waals surface area contributed by atoms with Crippen molar-refractivity contribution in [2.75, 3.05) is 33.2 Å². The summed E-state index contributed by atoms with van der Waals surface area (Å²) in [5, 5.41) is 3.14. The maximum absolute atomic E-state index is 13.1. The number of nitrogens with zero attached hydrogens (tertiary/aromatic N) is 2. The number of amides is 1. The second-order valence-electron chi connectivity index (χ2n) is 8.15. The molecule has 1 N–H and O–H groups in total. The van der Waals surface area contributed by atoms with Gasteiger partial charge in [-0.25, -0.2) is 8.42 Å². The van der Waals surface area contributed by atoms with Crippen LogP contribution in [0.5, 0.6) is 0 Å². The predicted molar refractivity (Wildman–Crippen MR) is 113 cm³/mol. The highest BCUT2D eigenvalue weighted by Gasteiger charge is 2.33. The van der Waals surface area contributed by atoms with Gasteiger partial charge in [-0.2, -0.15) is 4.31 Å². The standard InChI is InChI=1S/C20H31N3O3S.ClH/c1-15-10-16(2)14-22(13-15)27(25,26)19-8-4-6-17(11-19)20(24)23-9-5-7-18(23)12-21-3;/h4,6,8,11,15-16,18,21H,5,7,9-10,12-14H2,1-3H3;1H. The van der Waals surface area contributed by atoms with Gasteiger partial charge in [-0.15, -0.1) is 12.4 Å². The fraction of sp³-hybridized carbons (Fsp3) is 0.650. The molecular weight excluding hydrogens is 398 g/mol. The fourth-order valence-electron chi connectivity index (χ4n) is 4.46. The molecule has 158 valence electrons. The van der Waals surface area contributed by atoms with E-state index in [2.05, 4.69) is 19.2 Å². The lowest BCUT2D eigenvalue weighted by molar-refractivity contribution is 0.0737. The Morgan fingerprint density at radius 3 is 2.54 bits per heavy atom. The number of nitrogens with one attached hydrogen (secondary N) is 1. The summed E-state index contributed by atoms with van der Waals surface area (Å²) in [5.41, 5.74) is 0.456. The lowest BCUT2D eigenvalue weighted by Crippen LogP contribution is -2.42. The van der Waals surface area contributed by atoms with E-state index in [1.165, 1.54) is 0 Å². The number of rotatable bonds is 5. The molecule has 0 bridgehead atoms. The number of halogens is 1. The van der Waals surface area contributed by atoms with Crippen molar-refractivity contribution in [3.63, 3.8) is 0 Å². The number of hydrogen-bond donors (Lipinski definition) is 1. The van der Waals surface area contributed by atoms with Crippen molar-refractivity contribution in [3.8, 4) is 0 Å². The summed E-state index contributed by atoms with van der Waals surface area (Å²) in [7, 11) is -1.70. The summed E-state index contributed by atoms with van der Waals surface area (Å²) >= 11 is 0. The first-order valence-corrected chi connectivity index (χ1v) is 11.3. The molecule has 0 aromatic heterocycles. The van der Waals surface area contributed by atoms with Crippen LogP contribution in [-0.2, 0) is 10.0 Å². The van der Waals surface area contributed by atoms with Crippen LogP contribution in [0.4, 0.5) is 0 Å². The Morgan fingerprint density at radius 1 is 1.21 bits per heavy atom. The normalized spacial score (nSPS) is 26.1. The van der Waals surface area contributed by atoms with Gasteiger partial charge in [0.15, 0.2) is 0 Å². The van der Waals surface area contributed by atoms with E-state index in [0.717, 1.165) is 32.4 Å². The van der Waals surface area contributed by atoms with Gasteiger partial charge in [0, 0.05) is 37.8 Å². The van der Waals surface area contributed by atoms with Crippen LogP contribution in [0.3, 0.4) is 0 Å². The average Bonchev–Trinajstić information content (AvgIpc) is 3.09. The van der Waals surface area contributed by atoms with Crippen LogP contribution in [-0.4, -0.2) is 62.8 Å². The number of benzene rings is 1. The molecule has 0 aliphatic carbocycles. The van der Waals surface area contributed by atoms with E-state index < -0.39 is 10.0 Å². The Morgan fingerprint density at radius 2 is 1.89 bits per heavy atom. The fourth-order valence-corrected chi connectivity index (χ4v) is 6.18. The molecule has 2 aliphatic heterocycles. The number of likely N-dealkylation sites (tertiary alicyclic amines) is 1. The second-order valence-corrected chi connectivity index (χ2v) is 10.1. The molecule has 6 nitrogen and oxygen atoms in total. The number of piperidine rings is 1. The second kappa shape index (κ2) is 9.57. The van der Waals surface area contributed by atoms with Crippen molar-refractivity contribution in [3.05, 3.63) is 29.8 Å². The monoisotopic (exact) mass is 429 g/mol. The van der Waals surface area contributed by atoms with Gasteiger partial charge < -0.3 is 10.2 Å². The molecule has 3 unspecified atom stereocenters. The van der Waals surface area contributed by atoms with Crippen LogP contribution in [0.1, 0.15) is 43.5 Å². The van der Waals surface area contributed by atoms with Gasteiger partial charge in [-0.3, -0.25) is 4.79 Å². The van der Waals surface area contributed by atoms with Crippen molar-refractivity contribution >= 4 is 28.3 Å². The number of sulfonamides is 1. The zero-order chi connectivity index (χ0) is 19.6. The molecule has 2 aliphatic rings. The smallest absolute Gasteiger partial charge is 0.254 e. The van der Waals surface area contributed by atoms with Gasteiger partial charge in [0.25, 0.3) is 5.91 Å². The molecule has 0 spiro atoms. The van der Waals surface area contributed by atoms with E-state index >= 15 is 0 Å². The number of carbonyl (C=O) groups excluding carboxylic acids is 1. The van der Waals surface area contributed by atoms with E-state index in [1.807, 2.05) is 11.9 Å². The quantitative estimate of drug-likeness (QED) is 0.781. The first kappa shape index (κ1) is 23.1. The van der Waals surface area contributed by atoms with Crippen molar-refractivity contribution in [1.29, 1.82) is 0 Å². The van der Waals surface area contributed by atoms with Crippen molar-refractivity contribution in [1.82, 2.24) is 14.5 Å². The van der Waals surface area contributed by atoms with Crippen LogP contribution < -0.4 is 5.32 Å². The van der Waals surface area contributed by atoms with E-state index in [4.69, 9.17) is 0 Å². The number of carbonyl (C=O) groups is 1. The molecule has 2 fully saturated rings. The summed E-state index contributed by atoms with van der Waals surface area (Å²) < 4.78 is 27.8. The molecule has 1 aromatic carbocycles. The van der Waals surface area contributed by atoms with Gasteiger partial charge >= 0.3 is 0 Å². The molecule has 3 atom stereocenters. The van der Waals surface area contributed by atoms with Crippen molar-refractivity contribution in [2.24, 2.45) is 11.8 Å². The molecule has 0 radical (unpaired) electrons. The van der Waals surface area contributed by atoms with Crippen LogP contribution in [0.15, 0.2) is 29.2 Å². The zero-order valence-corrected chi connectivity index (χ0v) is 18.6. The van der Waals surface area contributed by atoms with Crippen molar-refractivity contribution < 1.29 is 13.2 Å². The first-order valence-electron chi connectivity index (χ1n) is 9.88. The number of hydrogen-bond acceptors (Lipinski definition) is 4. The average molecular weight is 430 g/mol. The number of likely N-dealkylation sites (N-methyl/N-ethyl adjacent to an activating group) is 1. The molecule has 3 rings (SSSR count). The van der Waals surface area contributed by atoms with Gasteiger partial charge in [-0.1, -0.05) is 19.9 Å². The largest absolute Gasteiger partial charge is 0.334 e. The summed E-state index contributed by atoms with van der Waals surface area (Å²) in [6.45, 7) is 6.75. The summed E-state index contributed by atoms with van der Waals surface area (Å²) in [6.07, 6.45) is 3.01. The molecule has 1 amide bonds. The Kier molecular flexibility index (Phi) is 7.90. The first-order chi connectivity index (χ1) is 12.8. The highest BCUT2D eigenvalue weighted by molar-refractivity contribution is 7.89. The Balaban J connectivity index is 0.00000280. The van der Waals surface area contributed by atoms with E-state index in [-0.39, 0.29) is 29.3 Å². The van der Waals surface area contributed by atoms with Crippen molar-refractivity contribution in [2.45, 2.75) is 44.0 Å². The summed E-state index contributed by atoms with van der Waals surface area (Å²) in [4.78, 5) is 15.1. The Bertz CT molecular complexity index is 777. The Labute approximate surface area is 175 Å². The van der Waals surface area contributed by atoms with E-state index in [9.17, 15) is 13.2 Å². The van der Waals surface area contributed by atoms with E-state index in [0.29, 0.717) is 30.5 Å². The minimum absolute atomic E-state index is 0. The maximum atomic E-state index is 13.1. The minimum Gasteiger partial charge on any atom is -0.334 e. The molecular formula is C20H32ClN3O3S. The summed E-state index contributed by atoms with van der Waals surface area (Å²) in [6, 6.07) is 6.73. The third kappa shape index (κ3) is 4.87. The zero-order valence-electron chi connectivity index (χ0n) is 16.9. The topological polar surface area (TPSA) is 69.7 Å². The highest BCUT2D eigenvalue weighted by Crippen LogP contribution is 2.27. The van der Waals surface area contributed by atoms with Crippen LogP contribution in [0.2, 0.25) is 0 Å². The molecule has 2 saturated heterocycles. The maximum Gasteiger partial charge on any atom is 0.254 e. The highest BCUT2D eigenvalue weighted by atomic mass is 35.5. The SMILES string of the molecule is CNCC1CCCN1C(=O)c1cccc(S(=O)(=O)N2CC(C)CC(C)C2)c1.Cl. The van der Waals surface area contributed by atoms with E-state index in [1.54, 1.807) is 28.6 Å². The van der Waals surface area contributed by atoms with Crippen LogP contribution >= 0.6 is 12.4 Å². The third-order valence-corrected chi connectivity index (χ3v) is 7.46. The third-order valence-electron chi connectivity index (χ3n) is 5.63. The molecule has 0 saturated carbocycles. The Hall–Kier alpha value is -1.15. The van der Waals surface area contributed by atoms with Gasteiger partial charge in [-0.05, 0) is 56.3 Å². The lowest BCUT2D eigenvalue weighted by Gasteiger charge is -2.34. The van der Waals surface area contributed by atoms with Crippen LogP contribution in [0.25, 0.3) is 0 Å². The lowest BCUT2D eigenvalue weighted by atomic mass is 9.94. The van der Waals surface area contributed by atoms with Gasteiger partial charge in [0.2, 0.25) is 10.0 Å². The predicted octanol–water partition coefficient (Wildman–Crippen LogP) is 2.60. The summed E-state index contributed by atoms with van der Waals surface area (Å²) in [5.74, 6) is 0.616. The molecule has 8 heteroatoms. The molecule has 1 aromatic rings. The van der Waals surface area contributed by atoms with Crippen LogP contribution in [0, 0.1) is 11.8 Å². The molecule has 2 heterocycles. The van der Waals surface area contributed by atoms with Gasteiger partial charge in [0.1, 0.15) is 0 Å². The van der Waals surface area contributed by atoms with Gasteiger partial charge in [0.05, 0.1) is 4.90 Å². The minimum atomic E-state index is -3.58.